The van der Waals surface area contributed by atoms with Gasteiger partial charge >= 0.3 is 5.97 Å². The van der Waals surface area contributed by atoms with Crippen molar-refractivity contribution in [2.45, 2.75) is 57.5 Å². The van der Waals surface area contributed by atoms with Crippen LogP contribution in [0.15, 0.2) is 0 Å². The maximum atomic E-state index is 12.0. The Morgan fingerprint density at radius 3 is 2.18 bits per heavy atom. The highest BCUT2D eigenvalue weighted by Crippen LogP contribution is 2.26. The van der Waals surface area contributed by atoms with Gasteiger partial charge < -0.3 is 16.2 Å². The molecule has 0 spiro atoms. The second-order valence-electron chi connectivity index (χ2n) is 5.25. The Morgan fingerprint density at radius 2 is 1.76 bits per heavy atom. The summed E-state index contributed by atoms with van der Waals surface area (Å²) in [4.78, 5) is 23.0. The van der Waals surface area contributed by atoms with E-state index in [1.54, 1.807) is 13.8 Å². The number of nitrogens with one attached hydrogen (secondary N) is 1. The van der Waals surface area contributed by atoms with Gasteiger partial charge in [-0.1, -0.05) is 33.1 Å². The van der Waals surface area contributed by atoms with E-state index in [0.717, 1.165) is 19.3 Å². The Kier molecular flexibility index (Phi) is 4.51. The van der Waals surface area contributed by atoms with Crippen LogP contribution in [0.5, 0.6) is 0 Å². The Morgan fingerprint density at radius 1 is 1.24 bits per heavy atom. The minimum absolute atomic E-state index is 0.149. The van der Waals surface area contributed by atoms with Crippen LogP contribution in [0, 0.1) is 5.92 Å². The average Bonchev–Trinajstić information content (AvgIpc) is 2.25. The summed E-state index contributed by atoms with van der Waals surface area (Å²) in [5.41, 5.74) is 5.17. The fraction of sp³-hybridized carbons (Fsp3) is 0.833. The molecule has 1 aliphatic rings. The molecule has 5 heteroatoms. The van der Waals surface area contributed by atoms with E-state index in [4.69, 9.17) is 10.8 Å². The molecule has 0 radical (unpaired) electrons. The highest BCUT2D eigenvalue weighted by Gasteiger charge is 2.37. The lowest BCUT2D eigenvalue weighted by Gasteiger charge is -2.33. The van der Waals surface area contributed by atoms with Crippen LogP contribution < -0.4 is 11.1 Å². The first-order chi connectivity index (χ1) is 7.87. The average molecular weight is 242 g/mol. The summed E-state index contributed by atoms with van der Waals surface area (Å²) in [6.07, 6.45) is 4.25. The zero-order valence-corrected chi connectivity index (χ0v) is 10.5. The van der Waals surface area contributed by atoms with E-state index in [-0.39, 0.29) is 11.8 Å². The van der Waals surface area contributed by atoms with Crippen LogP contribution in [0.2, 0.25) is 0 Å². The molecule has 1 unspecified atom stereocenters. The van der Waals surface area contributed by atoms with Crippen molar-refractivity contribution < 1.29 is 14.7 Å². The fourth-order valence-electron chi connectivity index (χ4n) is 2.21. The van der Waals surface area contributed by atoms with Gasteiger partial charge in [0.05, 0.1) is 5.54 Å². The molecular formula is C12H22N2O3. The highest BCUT2D eigenvalue weighted by molar-refractivity contribution is 5.90. The molecule has 0 aromatic carbocycles. The van der Waals surface area contributed by atoms with Crippen molar-refractivity contribution in [3.63, 3.8) is 0 Å². The van der Waals surface area contributed by atoms with Crippen molar-refractivity contribution >= 4 is 11.9 Å². The standard InChI is InChI=1S/C12H22N2O3/c1-8(2)9(10(15)16)14-11(17)12(13)6-4-3-5-7-12/h8-9H,3-7,13H2,1-2H3,(H,14,17)(H,15,16). The maximum absolute atomic E-state index is 12.0. The monoisotopic (exact) mass is 242 g/mol. The quantitative estimate of drug-likeness (QED) is 0.682. The molecule has 0 aromatic heterocycles. The summed E-state index contributed by atoms with van der Waals surface area (Å²) >= 11 is 0. The largest absolute Gasteiger partial charge is 0.480 e. The van der Waals surface area contributed by atoms with Gasteiger partial charge in [0.2, 0.25) is 5.91 Å². The summed E-state index contributed by atoms with van der Waals surface area (Å²) < 4.78 is 0. The molecular weight excluding hydrogens is 220 g/mol. The summed E-state index contributed by atoms with van der Waals surface area (Å²) in [6, 6.07) is -0.857. The number of aliphatic carboxylic acids is 1. The number of carbonyl (C=O) groups is 2. The molecule has 0 bridgehead atoms. The van der Waals surface area contributed by atoms with Crippen molar-refractivity contribution in [1.82, 2.24) is 5.32 Å². The normalized spacial score (nSPS) is 20.9. The predicted molar refractivity (Wildman–Crippen MR) is 64.4 cm³/mol. The molecule has 1 fully saturated rings. The minimum atomic E-state index is -1.01. The molecule has 1 atom stereocenters. The summed E-state index contributed by atoms with van der Waals surface area (Å²) in [6.45, 7) is 3.53. The molecule has 1 saturated carbocycles. The molecule has 98 valence electrons. The Bertz CT molecular complexity index is 296. The minimum Gasteiger partial charge on any atom is -0.480 e. The van der Waals surface area contributed by atoms with Crippen LogP contribution in [0.1, 0.15) is 46.0 Å². The lowest BCUT2D eigenvalue weighted by Crippen LogP contribution is -2.59. The number of rotatable bonds is 4. The van der Waals surface area contributed by atoms with Gasteiger partial charge in [-0.3, -0.25) is 4.79 Å². The maximum Gasteiger partial charge on any atom is 0.326 e. The van der Waals surface area contributed by atoms with Gasteiger partial charge in [0.1, 0.15) is 6.04 Å². The molecule has 0 saturated heterocycles. The zero-order chi connectivity index (χ0) is 13.1. The van der Waals surface area contributed by atoms with Crippen molar-refractivity contribution in [2.24, 2.45) is 11.7 Å². The Balaban J connectivity index is 2.66. The van der Waals surface area contributed by atoms with Crippen molar-refractivity contribution in [1.29, 1.82) is 0 Å². The van der Waals surface area contributed by atoms with E-state index in [0.29, 0.717) is 12.8 Å². The molecule has 1 rings (SSSR count). The molecule has 17 heavy (non-hydrogen) atoms. The molecule has 0 aromatic rings. The number of hydrogen-bond donors (Lipinski definition) is 3. The van der Waals surface area contributed by atoms with E-state index in [1.165, 1.54) is 0 Å². The zero-order valence-electron chi connectivity index (χ0n) is 10.5. The first-order valence-electron chi connectivity index (χ1n) is 6.19. The van der Waals surface area contributed by atoms with Gasteiger partial charge in [-0.2, -0.15) is 0 Å². The Hall–Kier alpha value is -1.10. The number of carboxylic acid groups (broad SMARTS) is 1. The van der Waals surface area contributed by atoms with Gasteiger partial charge in [-0.05, 0) is 18.8 Å². The van der Waals surface area contributed by atoms with E-state index >= 15 is 0 Å². The van der Waals surface area contributed by atoms with Crippen LogP contribution in [0.4, 0.5) is 0 Å². The third kappa shape index (κ3) is 3.43. The van der Waals surface area contributed by atoms with Crippen LogP contribution in [0.25, 0.3) is 0 Å². The smallest absolute Gasteiger partial charge is 0.326 e. The number of amides is 1. The van der Waals surface area contributed by atoms with Crippen molar-refractivity contribution in [3.05, 3.63) is 0 Å². The SMILES string of the molecule is CC(C)C(NC(=O)C1(N)CCCCC1)C(=O)O. The molecule has 1 amide bonds. The summed E-state index contributed by atoms with van der Waals surface area (Å²) in [5, 5.41) is 11.6. The molecule has 4 N–H and O–H groups in total. The van der Waals surface area contributed by atoms with Gasteiger partial charge in [0.25, 0.3) is 0 Å². The third-order valence-corrected chi connectivity index (χ3v) is 3.42. The number of carbonyl (C=O) groups excluding carboxylic acids is 1. The second-order valence-corrected chi connectivity index (χ2v) is 5.25. The van der Waals surface area contributed by atoms with Gasteiger partial charge in [0, 0.05) is 0 Å². The number of hydrogen-bond acceptors (Lipinski definition) is 3. The molecule has 5 nitrogen and oxygen atoms in total. The van der Waals surface area contributed by atoms with Crippen LogP contribution in [-0.4, -0.2) is 28.6 Å². The summed E-state index contributed by atoms with van der Waals surface area (Å²) in [7, 11) is 0. The Labute approximate surface area is 102 Å². The lowest BCUT2D eigenvalue weighted by molar-refractivity contribution is -0.144. The van der Waals surface area contributed by atoms with E-state index < -0.39 is 17.6 Å². The van der Waals surface area contributed by atoms with Gasteiger partial charge in [-0.15, -0.1) is 0 Å². The third-order valence-electron chi connectivity index (χ3n) is 3.42. The first-order valence-corrected chi connectivity index (χ1v) is 6.19. The lowest BCUT2D eigenvalue weighted by atomic mass is 9.81. The van der Waals surface area contributed by atoms with E-state index in [1.807, 2.05) is 0 Å². The van der Waals surface area contributed by atoms with Crippen LogP contribution in [0.3, 0.4) is 0 Å². The highest BCUT2D eigenvalue weighted by atomic mass is 16.4. The van der Waals surface area contributed by atoms with Gasteiger partial charge in [-0.25, -0.2) is 4.79 Å². The molecule has 0 aliphatic heterocycles. The molecule has 0 heterocycles. The first kappa shape index (κ1) is 14.0. The predicted octanol–water partition coefficient (Wildman–Crippen LogP) is 0.873. The topological polar surface area (TPSA) is 92.4 Å². The number of carboxylic acids is 1. The fourth-order valence-corrected chi connectivity index (χ4v) is 2.21. The van der Waals surface area contributed by atoms with E-state index in [2.05, 4.69) is 5.32 Å². The van der Waals surface area contributed by atoms with Crippen molar-refractivity contribution in [3.8, 4) is 0 Å². The second kappa shape index (κ2) is 5.49. The van der Waals surface area contributed by atoms with Gasteiger partial charge in [0.15, 0.2) is 0 Å². The molecule has 1 aliphatic carbocycles. The number of nitrogens with two attached hydrogens (primary N) is 1. The van der Waals surface area contributed by atoms with Crippen LogP contribution in [-0.2, 0) is 9.59 Å². The van der Waals surface area contributed by atoms with E-state index in [9.17, 15) is 9.59 Å². The summed E-state index contributed by atoms with van der Waals surface area (Å²) in [5.74, 6) is -1.48. The van der Waals surface area contributed by atoms with Crippen molar-refractivity contribution in [2.75, 3.05) is 0 Å². The van der Waals surface area contributed by atoms with Crippen LogP contribution >= 0.6 is 0 Å².